The Hall–Kier alpha value is -0.610. The van der Waals surface area contributed by atoms with Gasteiger partial charge in [-0.3, -0.25) is 4.79 Å². The smallest absolute Gasteiger partial charge is 0.320 e. The molecule has 0 radical (unpaired) electrons. The van der Waals surface area contributed by atoms with Gasteiger partial charge in [0.1, 0.15) is 6.04 Å². The summed E-state index contributed by atoms with van der Waals surface area (Å²) >= 11 is 0. The molecule has 0 amide bonds. The Morgan fingerprint density at radius 2 is 2.21 bits per heavy atom. The van der Waals surface area contributed by atoms with Gasteiger partial charge in [-0.05, 0) is 19.8 Å². The van der Waals surface area contributed by atoms with Crippen molar-refractivity contribution in [3.63, 3.8) is 0 Å². The lowest BCUT2D eigenvalue weighted by atomic mass is 10.3. The maximum absolute atomic E-state index is 10.4. The molecule has 1 fully saturated rings. The molecule has 1 unspecified atom stereocenters. The first-order chi connectivity index (χ1) is 6.70. The van der Waals surface area contributed by atoms with Crippen LogP contribution in [0.25, 0.3) is 0 Å². The van der Waals surface area contributed by atoms with Crippen LogP contribution in [0.5, 0.6) is 0 Å². The van der Waals surface area contributed by atoms with Gasteiger partial charge in [-0.2, -0.15) is 0 Å². The normalized spacial score (nSPS) is 19.8. The molecule has 1 rings (SSSR count). The minimum absolute atomic E-state index is 0.414. The molecule has 2 N–H and O–H groups in total. The Labute approximate surface area is 84.6 Å². The van der Waals surface area contributed by atoms with Gasteiger partial charge in [-0.1, -0.05) is 12.8 Å². The second kappa shape index (κ2) is 5.98. The zero-order chi connectivity index (χ0) is 10.4. The van der Waals surface area contributed by atoms with Crippen LogP contribution in [0, 0.1) is 0 Å². The highest BCUT2D eigenvalue weighted by atomic mass is 16.5. The van der Waals surface area contributed by atoms with Gasteiger partial charge in [-0.25, -0.2) is 0 Å². The van der Waals surface area contributed by atoms with Crippen LogP contribution in [-0.2, 0) is 9.53 Å². The lowest BCUT2D eigenvalue weighted by Crippen LogP contribution is -2.36. The van der Waals surface area contributed by atoms with E-state index in [1.807, 2.05) is 0 Å². The first-order valence-corrected chi connectivity index (χ1v) is 5.28. The average Bonchev–Trinajstić information content (AvgIpc) is 2.64. The third kappa shape index (κ3) is 4.07. The van der Waals surface area contributed by atoms with Crippen LogP contribution >= 0.6 is 0 Å². The van der Waals surface area contributed by atoms with Gasteiger partial charge >= 0.3 is 5.97 Å². The number of ether oxygens (including phenoxy) is 1. The fourth-order valence-electron chi connectivity index (χ4n) is 1.64. The SMILES string of the molecule is CC(NCCOC1CCCC1)C(=O)O. The molecule has 1 saturated carbocycles. The summed E-state index contributed by atoms with van der Waals surface area (Å²) < 4.78 is 5.58. The second-order valence-corrected chi connectivity index (χ2v) is 3.79. The predicted molar refractivity (Wildman–Crippen MR) is 53.3 cm³/mol. The maximum atomic E-state index is 10.4. The summed E-state index contributed by atoms with van der Waals surface area (Å²) in [4.78, 5) is 10.4. The summed E-state index contributed by atoms with van der Waals surface area (Å²) in [5, 5.41) is 11.5. The van der Waals surface area contributed by atoms with E-state index in [0.717, 1.165) is 12.8 Å². The van der Waals surface area contributed by atoms with Crippen LogP contribution in [-0.4, -0.2) is 36.4 Å². The molecule has 4 heteroatoms. The Balaban J connectivity index is 1.95. The molecule has 0 spiro atoms. The van der Waals surface area contributed by atoms with Crippen molar-refractivity contribution in [1.82, 2.24) is 5.32 Å². The molecule has 4 nitrogen and oxygen atoms in total. The number of nitrogens with one attached hydrogen (secondary N) is 1. The molecule has 1 aliphatic carbocycles. The molecular formula is C10H19NO3. The minimum atomic E-state index is -0.814. The van der Waals surface area contributed by atoms with Crippen molar-refractivity contribution in [2.45, 2.75) is 44.8 Å². The van der Waals surface area contributed by atoms with Crippen LogP contribution in [0.4, 0.5) is 0 Å². The van der Waals surface area contributed by atoms with Crippen LogP contribution in [0.3, 0.4) is 0 Å². The average molecular weight is 201 g/mol. The van der Waals surface area contributed by atoms with E-state index in [9.17, 15) is 4.79 Å². The van der Waals surface area contributed by atoms with Gasteiger partial charge in [0.15, 0.2) is 0 Å². The van der Waals surface area contributed by atoms with E-state index in [1.165, 1.54) is 12.8 Å². The van der Waals surface area contributed by atoms with Gasteiger partial charge in [0, 0.05) is 6.54 Å². The standard InChI is InChI=1S/C10H19NO3/c1-8(10(12)13)11-6-7-14-9-4-2-3-5-9/h8-9,11H,2-7H2,1H3,(H,12,13). The van der Waals surface area contributed by atoms with E-state index in [1.54, 1.807) is 6.92 Å². The first kappa shape index (κ1) is 11.5. The summed E-state index contributed by atoms with van der Waals surface area (Å²) in [6.45, 7) is 2.87. The van der Waals surface area contributed by atoms with Crippen molar-refractivity contribution in [2.24, 2.45) is 0 Å². The highest BCUT2D eigenvalue weighted by Gasteiger charge is 2.15. The van der Waals surface area contributed by atoms with Crippen LogP contribution in [0.1, 0.15) is 32.6 Å². The highest BCUT2D eigenvalue weighted by molar-refractivity contribution is 5.72. The quantitative estimate of drug-likeness (QED) is 0.630. The Kier molecular flexibility index (Phi) is 4.90. The number of hydrogen-bond donors (Lipinski definition) is 2. The molecule has 1 aliphatic rings. The highest BCUT2D eigenvalue weighted by Crippen LogP contribution is 2.20. The number of hydrogen-bond acceptors (Lipinski definition) is 3. The topological polar surface area (TPSA) is 58.6 Å². The van der Waals surface area contributed by atoms with Crippen molar-refractivity contribution >= 4 is 5.97 Å². The van der Waals surface area contributed by atoms with E-state index < -0.39 is 12.0 Å². The number of carboxylic acids is 1. The maximum Gasteiger partial charge on any atom is 0.320 e. The molecule has 0 bridgehead atoms. The van der Waals surface area contributed by atoms with E-state index in [2.05, 4.69) is 5.32 Å². The Bertz CT molecular complexity index is 178. The molecule has 1 atom stereocenters. The molecule has 0 heterocycles. The Morgan fingerprint density at radius 3 is 2.79 bits per heavy atom. The second-order valence-electron chi connectivity index (χ2n) is 3.79. The van der Waals surface area contributed by atoms with Crippen molar-refractivity contribution in [1.29, 1.82) is 0 Å². The van der Waals surface area contributed by atoms with E-state index >= 15 is 0 Å². The third-order valence-corrected chi connectivity index (χ3v) is 2.58. The van der Waals surface area contributed by atoms with Crippen molar-refractivity contribution in [3.05, 3.63) is 0 Å². The van der Waals surface area contributed by atoms with Crippen molar-refractivity contribution < 1.29 is 14.6 Å². The molecular weight excluding hydrogens is 182 g/mol. The fourth-order valence-corrected chi connectivity index (χ4v) is 1.64. The molecule has 0 saturated heterocycles. The van der Waals surface area contributed by atoms with Crippen molar-refractivity contribution in [2.75, 3.05) is 13.2 Å². The lowest BCUT2D eigenvalue weighted by molar-refractivity contribution is -0.139. The Morgan fingerprint density at radius 1 is 1.57 bits per heavy atom. The van der Waals surface area contributed by atoms with Gasteiger partial charge in [-0.15, -0.1) is 0 Å². The van der Waals surface area contributed by atoms with Crippen LogP contribution in [0.15, 0.2) is 0 Å². The minimum Gasteiger partial charge on any atom is -0.480 e. The monoisotopic (exact) mass is 201 g/mol. The predicted octanol–water partition coefficient (Wildman–Crippen LogP) is 1.01. The fraction of sp³-hybridized carbons (Fsp3) is 0.900. The summed E-state index contributed by atoms with van der Waals surface area (Å²) in [6, 6.07) is -0.484. The van der Waals surface area contributed by atoms with Gasteiger partial charge in [0.2, 0.25) is 0 Å². The number of aliphatic carboxylic acids is 1. The van der Waals surface area contributed by atoms with Crippen LogP contribution in [0.2, 0.25) is 0 Å². The number of rotatable bonds is 6. The molecule has 0 aromatic rings. The third-order valence-electron chi connectivity index (χ3n) is 2.58. The number of carboxylic acid groups (broad SMARTS) is 1. The molecule has 0 aliphatic heterocycles. The van der Waals surface area contributed by atoms with E-state index in [4.69, 9.17) is 9.84 Å². The summed E-state index contributed by atoms with van der Waals surface area (Å²) in [5.41, 5.74) is 0. The summed E-state index contributed by atoms with van der Waals surface area (Å²) in [7, 11) is 0. The van der Waals surface area contributed by atoms with Crippen molar-refractivity contribution in [3.8, 4) is 0 Å². The molecule has 0 aromatic heterocycles. The summed E-state index contributed by atoms with van der Waals surface area (Å²) in [6.07, 6.45) is 5.27. The van der Waals surface area contributed by atoms with E-state index in [0.29, 0.717) is 19.3 Å². The molecule has 0 aromatic carbocycles. The van der Waals surface area contributed by atoms with Gasteiger partial charge in [0.05, 0.1) is 12.7 Å². The largest absolute Gasteiger partial charge is 0.480 e. The summed E-state index contributed by atoms with van der Waals surface area (Å²) in [5.74, 6) is -0.814. The first-order valence-electron chi connectivity index (χ1n) is 5.28. The van der Waals surface area contributed by atoms with Gasteiger partial charge in [0.25, 0.3) is 0 Å². The van der Waals surface area contributed by atoms with E-state index in [-0.39, 0.29) is 0 Å². The molecule has 82 valence electrons. The lowest BCUT2D eigenvalue weighted by Gasteiger charge is -2.12. The zero-order valence-corrected chi connectivity index (χ0v) is 8.66. The zero-order valence-electron chi connectivity index (χ0n) is 8.66. The van der Waals surface area contributed by atoms with Crippen LogP contribution < -0.4 is 5.32 Å². The van der Waals surface area contributed by atoms with Gasteiger partial charge < -0.3 is 15.2 Å². The number of carbonyl (C=O) groups is 1. The molecule has 14 heavy (non-hydrogen) atoms.